The number of para-hydroxylation sites is 1. The summed E-state index contributed by atoms with van der Waals surface area (Å²) in [5, 5.41) is 6.00. The predicted molar refractivity (Wildman–Crippen MR) is 132 cm³/mol. The summed E-state index contributed by atoms with van der Waals surface area (Å²) in [4.78, 5) is 40.2. The second-order valence-electron chi connectivity index (χ2n) is 9.41. The minimum absolute atomic E-state index is 0.0694. The predicted octanol–water partition coefficient (Wildman–Crippen LogP) is 4.53. The van der Waals surface area contributed by atoms with Gasteiger partial charge in [0.05, 0.1) is 23.3 Å². The lowest BCUT2D eigenvalue weighted by atomic mass is 9.95. The van der Waals surface area contributed by atoms with E-state index >= 15 is 0 Å². The quantitative estimate of drug-likeness (QED) is 0.632. The number of rotatable bonds is 7. The number of benzene rings is 2. The molecule has 1 saturated carbocycles. The van der Waals surface area contributed by atoms with E-state index in [0.717, 1.165) is 37.1 Å². The largest absolute Gasteiger partial charge is 0.491 e. The topological polar surface area (TPSA) is 87.7 Å². The molecule has 2 aromatic rings. The van der Waals surface area contributed by atoms with Crippen molar-refractivity contribution in [2.75, 3.05) is 16.8 Å². The molecule has 1 saturated heterocycles. The van der Waals surface area contributed by atoms with Crippen LogP contribution in [0.4, 0.5) is 11.4 Å². The average Bonchev–Trinajstić information content (AvgIpc) is 3.22. The first-order valence-electron chi connectivity index (χ1n) is 12.2. The van der Waals surface area contributed by atoms with Crippen LogP contribution in [0.15, 0.2) is 48.5 Å². The molecule has 1 unspecified atom stereocenters. The molecule has 0 aromatic heterocycles. The number of hydrogen-bond donors (Lipinski definition) is 2. The number of ether oxygens (including phenoxy) is 1. The van der Waals surface area contributed by atoms with E-state index in [1.54, 1.807) is 29.2 Å². The fourth-order valence-corrected chi connectivity index (χ4v) is 4.64. The highest BCUT2D eigenvalue weighted by Gasteiger charge is 2.35. The summed E-state index contributed by atoms with van der Waals surface area (Å²) in [5.74, 6) is -0.276. The van der Waals surface area contributed by atoms with Crippen LogP contribution in [0.25, 0.3) is 0 Å². The van der Waals surface area contributed by atoms with Crippen molar-refractivity contribution in [3.8, 4) is 5.75 Å². The Labute approximate surface area is 200 Å². The van der Waals surface area contributed by atoms with Gasteiger partial charge in [0, 0.05) is 24.7 Å². The molecular formula is C27H33N3O4. The molecule has 1 atom stereocenters. The van der Waals surface area contributed by atoms with Crippen LogP contribution in [0, 0.1) is 5.92 Å². The van der Waals surface area contributed by atoms with Crippen molar-refractivity contribution in [2.45, 2.75) is 64.5 Å². The summed E-state index contributed by atoms with van der Waals surface area (Å²) < 4.78 is 5.66. The molecule has 7 nitrogen and oxygen atoms in total. The van der Waals surface area contributed by atoms with Gasteiger partial charge >= 0.3 is 0 Å². The van der Waals surface area contributed by atoms with E-state index in [4.69, 9.17) is 4.74 Å². The normalized spacial score (nSPS) is 18.7. The van der Waals surface area contributed by atoms with Gasteiger partial charge in [-0.2, -0.15) is 0 Å². The van der Waals surface area contributed by atoms with E-state index in [1.807, 2.05) is 38.1 Å². The van der Waals surface area contributed by atoms with E-state index in [9.17, 15) is 14.4 Å². The Kier molecular flexibility index (Phi) is 7.50. The summed E-state index contributed by atoms with van der Waals surface area (Å²) in [6.07, 6.45) is 5.65. The van der Waals surface area contributed by atoms with E-state index in [1.165, 1.54) is 6.42 Å². The maximum absolute atomic E-state index is 13.0. The molecule has 1 aliphatic heterocycles. The summed E-state index contributed by atoms with van der Waals surface area (Å²) in [6, 6.07) is 14.5. The van der Waals surface area contributed by atoms with Gasteiger partial charge < -0.3 is 20.3 Å². The fourth-order valence-electron chi connectivity index (χ4n) is 4.64. The standard InChI is InChI=1S/C27H33N3O4/c1-18(2)34-22-14-12-21(13-15-22)30-17-19(16-25(30)31)26(32)29-24-11-7-6-10-23(24)27(33)28-20-8-4-3-5-9-20/h6-7,10-15,18-20H,3-5,8-9,16-17H2,1-2H3,(H,28,33)(H,29,32). The maximum Gasteiger partial charge on any atom is 0.253 e. The summed E-state index contributed by atoms with van der Waals surface area (Å²) in [7, 11) is 0. The van der Waals surface area contributed by atoms with Gasteiger partial charge in [-0.3, -0.25) is 14.4 Å². The molecule has 0 radical (unpaired) electrons. The van der Waals surface area contributed by atoms with Crippen LogP contribution >= 0.6 is 0 Å². The Balaban J connectivity index is 1.39. The van der Waals surface area contributed by atoms with Gasteiger partial charge in [-0.15, -0.1) is 0 Å². The Morgan fingerprint density at radius 2 is 1.71 bits per heavy atom. The van der Waals surface area contributed by atoms with Crippen molar-refractivity contribution in [1.82, 2.24) is 5.32 Å². The smallest absolute Gasteiger partial charge is 0.253 e. The van der Waals surface area contributed by atoms with Crippen molar-refractivity contribution in [1.29, 1.82) is 0 Å². The van der Waals surface area contributed by atoms with Gasteiger partial charge in [0.2, 0.25) is 11.8 Å². The Bertz CT molecular complexity index is 1030. The number of nitrogens with zero attached hydrogens (tertiary/aromatic N) is 1. The molecule has 0 bridgehead atoms. The second-order valence-corrected chi connectivity index (χ2v) is 9.41. The zero-order valence-corrected chi connectivity index (χ0v) is 19.9. The van der Waals surface area contributed by atoms with Crippen LogP contribution in [0.5, 0.6) is 5.75 Å². The first-order chi connectivity index (χ1) is 16.4. The SMILES string of the molecule is CC(C)Oc1ccc(N2CC(C(=O)Nc3ccccc3C(=O)NC3CCCCC3)CC2=O)cc1. The van der Waals surface area contributed by atoms with E-state index < -0.39 is 5.92 Å². The Hall–Kier alpha value is -3.35. The molecule has 1 heterocycles. The first-order valence-corrected chi connectivity index (χ1v) is 12.2. The highest BCUT2D eigenvalue weighted by atomic mass is 16.5. The molecule has 2 aromatic carbocycles. The summed E-state index contributed by atoms with van der Waals surface area (Å²) in [6.45, 7) is 4.21. The van der Waals surface area contributed by atoms with Crippen molar-refractivity contribution >= 4 is 29.1 Å². The van der Waals surface area contributed by atoms with Crippen LogP contribution in [0.1, 0.15) is 62.7 Å². The third-order valence-corrected chi connectivity index (χ3v) is 6.39. The molecule has 3 amide bonds. The lowest BCUT2D eigenvalue weighted by molar-refractivity contribution is -0.122. The van der Waals surface area contributed by atoms with E-state index in [-0.39, 0.29) is 36.3 Å². The lowest BCUT2D eigenvalue weighted by Gasteiger charge is -2.23. The molecule has 1 aliphatic carbocycles. The molecule has 2 fully saturated rings. The number of amides is 3. The number of nitrogens with one attached hydrogen (secondary N) is 2. The van der Waals surface area contributed by atoms with Gasteiger partial charge in [-0.05, 0) is 63.1 Å². The first kappa shape index (κ1) is 23.8. The van der Waals surface area contributed by atoms with Gasteiger partial charge in [-0.25, -0.2) is 0 Å². The average molecular weight is 464 g/mol. The van der Waals surface area contributed by atoms with Crippen LogP contribution in [0.2, 0.25) is 0 Å². The molecule has 7 heteroatoms. The minimum Gasteiger partial charge on any atom is -0.491 e. The summed E-state index contributed by atoms with van der Waals surface area (Å²) >= 11 is 0. The second kappa shape index (κ2) is 10.7. The summed E-state index contributed by atoms with van der Waals surface area (Å²) in [5.41, 5.74) is 1.66. The van der Waals surface area contributed by atoms with Crippen LogP contribution in [0.3, 0.4) is 0 Å². The van der Waals surface area contributed by atoms with E-state index in [0.29, 0.717) is 17.8 Å². The number of carbonyl (C=O) groups is 3. The third-order valence-electron chi connectivity index (χ3n) is 6.39. The molecule has 180 valence electrons. The molecule has 4 rings (SSSR count). The number of carbonyl (C=O) groups excluding carboxylic acids is 3. The van der Waals surface area contributed by atoms with Gasteiger partial charge in [-0.1, -0.05) is 31.4 Å². The van der Waals surface area contributed by atoms with Crippen LogP contribution in [-0.4, -0.2) is 36.4 Å². The van der Waals surface area contributed by atoms with Gasteiger partial charge in [0.1, 0.15) is 5.75 Å². The van der Waals surface area contributed by atoms with E-state index in [2.05, 4.69) is 10.6 Å². The van der Waals surface area contributed by atoms with Crippen molar-refractivity contribution in [2.24, 2.45) is 5.92 Å². The zero-order chi connectivity index (χ0) is 24.1. The highest BCUT2D eigenvalue weighted by molar-refractivity contribution is 6.07. The van der Waals surface area contributed by atoms with Crippen molar-refractivity contribution < 1.29 is 19.1 Å². The highest BCUT2D eigenvalue weighted by Crippen LogP contribution is 2.28. The van der Waals surface area contributed by atoms with Gasteiger partial charge in [0.15, 0.2) is 0 Å². The molecule has 2 aliphatic rings. The maximum atomic E-state index is 13.0. The number of hydrogen-bond acceptors (Lipinski definition) is 4. The number of anilines is 2. The molecule has 0 spiro atoms. The Morgan fingerprint density at radius 1 is 1.00 bits per heavy atom. The Morgan fingerprint density at radius 3 is 2.41 bits per heavy atom. The molecule has 34 heavy (non-hydrogen) atoms. The van der Waals surface area contributed by atoms with Crippen molar-refractivity contribution in [3.05, 3.63) is 54.1 Å². The monoisotopic (exact) mass is 463 g/mol. The van der Waals surface area contributed by atoms with Crippen molar-refractivity contribution in [3.63, 3.8) is 0 Å². The fraction of sp³-hybridized carbons (Fsp3) is 0.444. The van der Waals surface area contributed by atoms with Crippen LogP contribution < -0.4 is 20.3 Å². The minimum atomic E-state index is -0.492. The molecule has 2 N–H and O–H groups in total. The van der Waals surface area contributed by atoms with Gasteiger partial charge in [0.25, 0.3) is 5.91 Å². The van der Waals surface area contributed by atoms with Crippen LogP contribution in [-0.2, 0) is 9.59 Å². The molecular weight excluding hydrogens is 430 g/mol. The third kappa shape index (κ3) is 5.76. The zero-order valence-electron chi connectivity index (χ0n) is 19.9. The lowest BCUT2D eigenvalue weighted by Crippen LogP contribution is -2.36.